The van der Waals surface area contributed by atoms with Crippen LogP contribution >= 0.6 is 11.3 Å². The molecule has 0 saturated heterocycles. The zero-order chi connectivity index (χ0) is 17.3. The summed E-state index contributed by atoms with van der Waals surface area (Å²) in [5.74, 6) is 0.0361. The van der Waals surface area contributed by atoms with Crippen molar-refractivity contribution in [3.63, 3.8) is 0 Å². The molecule has 1 aromatic carbocycles. The van der Waals surface area contributed by atoms with E-state index in [0.29, 0.717) is 22.0 Å². The molecule has 2 aromatic heterocycles. The Morgan fingerprint density at radius 1 is 1.38 bits per heavy atom. The standard InChI is InChI=1S/C17H17FN4OS/c1-10-15(24-11(2)20-10)17(23)21-14(16-19-7-8-22(16)3)12-5-4-6-13(18)9-12/h4-9,14H,1-3H3,(H,21,23)/t14-/m0/s1. The zero-order valence-electron chi connectivity index (χ0n) is 13.6. The molecule has 0 aliphatic carbocycles. The first-order valence-electron chi connectivity index (χ1n) is 7.43. The number of hydrogen-bond donors (Lipinski definition) is 1. The quantitative estimate of drug-likeness (QED) is 0.791. The summed E-state index contributed by atoms with van der Waals surface area (Å²) >= 11 is 1.34. The third kappa shape index (κ3) is 3.21. The Morgan fingerprint density at radius 2 is 2.17 bits per heavy atom. The molecule has 0 aliphatic rings. The van der Waals surface area contributed by atoms with Gasteiger partial charge in [0, 0.05) is 19.4 Å². The Hall–Kier alpha value is -2.54. The minimum absolute atomic E-state index is 0.240. The Balaban J connectivity index is 1.98. The fourth-order valence-electron chi connectivity index (χ4n) is 2.58. The predicted octanol–water partition coefficient (Wildman–Crippen LogP) is 3.15. The SMILES string of the molecule is Cc1nc(C)c(C(=O)N[C@@H](c2cccc(F)c2)c2nccn2C)s1. The van der Waals surface area contributed by atoms with E-state index in [9.17, 15) is 9.18 Å². The lowest BCUT2D eigenvalue weighted by Gasteiger charge is -2.19. The maximum atomic E-state index is 13.6. The second-order valence-corrected chi connectivity index (χ2v) is 6.71. The molecule has 1 N–H and O–H groups in total. The Labute approximate surface area is 143 Å². The average molecular weight is 344 g/mol. The summed E-state index contributed by atoms with van der Waals surface area (Å²) in [5, 5.41) is 3.79. The highest BCUT2D eigenvalue weighted by atomic mass is 32.1. The van der Waals surface area contributed by atoms with Gasteiger partial charge in [-0.3, -0.25) is 4.79 Å². The number of hydrogen-bond acceptors (Lipinski definition) is 4. The number of rotatable bonds is 4. The summed E-state index contributed by atoms with van der Waals surface area (Å²) in [5.41, 5.74) is 1.32. The summed E-state index contributed by atoms with van der Waals surface area (Å²) < 4.78 is 15.5. The Morgan fingerprint density at radius 3 is 2.75 bits per heavy atom. The average Bonchev–Trinajstić information content (AvgIpc) is 3.10. The van der Waals surface area contributed by atoms with Gasteiger partial charge in [0.1, 0.15) is 22.6 Å². The van der Waals surface area contributed by atoms with Crippen molar-refractivity contribution in [3.05, 3.63) is 69.4 Å². The smallest absolute Gasteiger partial charge is 0.264 e. The summed E-state index contributed by atoms with van der Waals surface area (Å²) in [4.78, 5) is 21.8. The van der Waals surface area contributed by atoms with E-state index >= 15 is 0 Å². The summed E-state index contributed by atoms with van der Waals surface area (Å²) in [6, 6.07) is 5.62. The van der Waals surface area contributed by atoms with Gasteiger partial charge in [-0.15, -0.1) is 11.3 Å². The van der Waals surface area contributed by atoms with Gasteiger partial charge in [0.05, 0.1) is 10.7 Å². The van der Waals surface area contributed by atoms with Crippen LogP contribution in [0, 0.1) is 19.7 Å². The molecule has 0 radical (unpaired) electrons. The second kappa shape index (κ2) is 6.52. The van der Waals surface area contributed by atoms with Crippen molar-refractivity contribution in [2.24, 2.45) is 7.05 Å². The van der Waals surface area contributed by atoms with Crippen LogP contribution in [-0.4, -0.2) is 20.4 Å². The number of amides is 1. The van der Waals surface area contributed by atoms with Crippen molar-refractivity contribution in [1.82, 2.24) is 19.9 Å². The summed E-state index contributed by atoms with van der Waals surface area (Å²) in [6.07, 6.45) is 3.44. The minimum Gasteiger partial charge on any atom is -0.337 e. The highest BCUT2D eigenvalue weighted by Crippen LogP contribution is 2.24. The normalized spacial score (nSPS) is 12.2. The number of nitrogens with one attached hydrogen (secondary N) is 1. The number of carbonyl (C=O) groups excluding carboxylic acids is 1. The van der Waals surface area contributed by atoms with Crippen molar-refractivity contribution >= 4 is 17.2 Å². The number of carbonyl (C=O) groups is 1. The molecule has 1 atom stereocenters. The van der Waals surface area contributed by atoms with Crippen LogP contribution in [0.2, 0.25) is 0 Å². The van der Waals surface area contributed by atoms with E-state index in [4.69, 9.17) is 0 Å². The third-order valence-electron chi connectivity index (χ3n) is 3.68. The summed E-state index contributed by atoms with van der Waals surface area (Å²) in [6.45, 7) is 3.66. The Bertz CT molecular complexity index is 886. The van der Waals surface area contributed by atoms with E-state index in [2.05, 4.69) is 15.3 Å². The van der Waals surface area contributed by atoms with Crippen LogP contribution < -0.4 is 5.32 Å². The van der Waals surface area contributed by atoms with Gasteiger partial charge >= 0.3 is 0 Å². The molecule has 0 saturated carbocycles. The van der Waals surface area contributed by atoms with Gasteiger partial charge in [-0.2, -0.15) is 0 Å². The van der Waals surface area contributed by atoms with Gasteiger partial charge in [-0.25, -0.2) is 14.4 Å². The van der Waals surface area contributed by atoms with E-state index in [1.54, 1.807) is 36.0 Å². The molecule has 24 heavy (non-hydrogen) atoms. The van der Waals surface area contributed by atoms with Crippen LogP contribution in [0.5, 0.6) is 0 Å². The van der Waals surface area contributed by atoms with Crippen LogP contribution in [0.25, 0.3) is 0 Å². The predicted molar refractivity (Wildman–Crippen MR) is 90.5 cm³/mol. The summed E-state index contributed by atoms with van der Waals surface area (Å²) in [7, 11) is 1.84. The van der Waals surface area contributed by atoms with Crippen LogP contribution in [-0.2, 0) is 7.05 Å². The van der Waals surface area contributed by atoms with Crippen LogP contribution in [0.3, 0.4) is 0 Å². The number of thiazole rings is 1. The fourth-order valence-corrected chi connectivity index (χ4v) is 3.40. The van der Waals surface area contributed by atoms with Crippen molar-refractivity contribution in [1.29, 1.82) is 0 Å². The first-order chi connectivity index (χ1) is 11.5. The number of aryl methyl sites for hydroxylation is 3. The number of benzene rings is 1. The van der Waals surface area contributed by atoms with E-state index in [1.807, 2.05) is 14.0 Å². The lowest BCUT2D eigenvalue weighted by molar-refractivity contribution is 0.0944. The molecule has 0 unspecified atom stereocenters. The second-order valence-electron chi connectivity index (χ2n) is 5.51. The number of aromatic nitrogens is 3. The molecule has 3 rings (SSSR count). The van der Waals surface area contributed by atoms with Gasteiger partial charge in [0.2, 0.25) is 0 Å². The van der Waals surface area contributed by atoms with Crippen molar-refractivity contribution in [3.8, 4) is 0 Å². The van der Waals surface area contributed by atoms with Crippen molar-refractivity contribution < 1.29 is 9.18 Å². The molecule has 124 valence electrons. The third-order valence-corrected chi connectivity index (χ3v) is 4.76. The fraction of sp³-hybridized carbons (Fsp3) is 0.235. The van der Waals surface area contributed by atoms with E-state index in [-0.39, 0.29) is 11.7 Å². The molecule has 7 heteroatoms. The molecular weight excluding hydrogens is 327 g/mol. The molecule has 0 fully saturated rings. The largest absolute Gasteiger partial charge is 0.337 e. The molecular formula is C17H17FN4OS. The van der Waals surface area contributed by atoms with Crippen LogP contribution in [0.1, 0.15) is 37.8 Å². The topological polar surface area (TPSA) is 59.8 Å². The van der Waals surface area contributed by atoms with Gasteiger partial charge in [0.15, 0.2) is 0 Å². The lowest BCUT2D eigenvalue weighted by Crippen LogP contribution is -2.31. The highest BCUT2D eigenvalue weighted by Gasteiger charge is 2.23. The highest BCUT2D eigenvalue weighted by molar-refractivity contribution is 7.13. The van der Waals surface area contributed by atoms with Crippen molar-refractivity contribution in [2.75, 3.05) is 0 Å². The number of halogens is 1. The number of imidazole rings is 1. The molecule has 3 aromatic rings. The Kier molecular flexibility index (Phi) is 4.44. The van der Waals surface area contributed by atoms with E-state index in [0.717, 1.165) is 5.01 Å². The molecule has 0 bridgehead atoms. The van der Waals surface area contributed by atoms with Crippen molar-refractivity contribution in [2.45, 2.75) is 19.9 Å². The molecule has 1 amide bonds. The minimum atomic E-state index is -0.546. The van der Waals surface area contributed by atoms with Gasteiger partial charge < -0.3 is 9.88 Å². The van der Waals surface area contributed by atoms with Gasteiger partial charge in [0.25, 0.3) is 5.91 Å². The first-order valence-corrected chi connectivity index (χ1v) is 8.25. The monoisotopic (exact) mass is 344 g/mol. The molecule has 0 spiro atoms. The molecule has 0 aliphatic heterocycles. The molecule has 5 nitrogen and oxygen atoms in total. The van der Waals surface area contributed by atoms with E-state index < -0.39 is 6.04 Å². The van der Waals surface area contributed by atoms with Crippen LogP contribution in [0.4, 0.5) is 4.39 Å². The van der Waals surface area contributed by atoms with Gasteiger partial charge in [-0.1, -0.05) is 12.1 Å². The van der Waals surface area contributed by atoms with Crippen LogP contribution in [0.15, 0.2) is 36.7 Å². The van der Waals surface area contributed by atoms with E-state index in [1.165, 1.54) is 23.5 Å². The maximum absolute atomic E-state index is 13.6. The lowest BCUT2D eigenvalue weighted by atomic mass is 10.1. The molecule has 2 heterocycles. The zero-order valence-corrected chi connectivity index (χ0v) is 14.4. The maximum Gasteiger partial charge on any atom is 0.264 e. The van der Waals surface area contributed by atoms with Gasteiger partial charge in [-0.05, 0) is 31.5 Å². The number of nitrogens with zero attached hydrogens (tertiary/aromatic N) is 3. The first kappa shape index (κ1) is 16.3.